The smallest absolute Gasteiger partial charge is 0.192 e. The fourth-order valence-corrected chi connectivity index (χ4v) is 8.22. The molecule has 3 fully saturated rings. The molecule has 0 radical (unpaired) electrons. The highest BCUT2D eigenvalue weighted by Crippen LogP contribution is 2.63. The van der Waals surface area contributed by atoms with Crippen LogP contribution in [0.5, 0.6) is 0 Å². The summed E-state index contributed by atoms with van der Waals surface area (Å²) in [5.41, 5.74) is 1.20. The highest BCUT2D eigenvalue weighted by Gasteiger charge is 2.61. The van der Waals surface area contributed by atoms with Crippen molar-refractivity contribution in [2.75, 3.05) is 0 Å². The fraction of sp³-hybridized carbons (Fsp3) is 0.840. The van der Waals surface area contributed by atoms with Crippen LogP contribution in [0.25, 0.3) is 0 Å². The first kappa shape index (κ1) is 21.5. The van der Waals surface area contributed by atoms with E-state index in [-0.39, 0.29) is 33.8 Å². The van der Waals surface area contributed by atoms with E-state index >= 15 is 0 Å². The number of ketones is 2. The van der Waals surface area contributed by atoms with E-state index in [0.29, 0.717) is 23.9 Å². The van der Waals surface area contributed by atoms with Crippen LogP contribution < -0.4 is 0 Å². The van der Waals surface area contributed by atoms with Gasteiger partial charge in [-0.1, -0.05) is 40.2 Å². The molecule has 0 aliphatic heterocycles. The summed E-state index contributed by atoms with van der Waals surface area (Å²) in [6.07, 6.45) is 8.96. The topological polar surface area (TPSA) is 43.4 Å². The van der Waals surface area contributed by atoms with Gasteiger partial charge in [-0.3, -0.25) is 9.59 Å². The molecule has 0 saturated heterocycles. The minimum atomic E-state index is -1.81. The zero-order valence-electron chi connectivity index (χ0n) is 19.6. The van der Waals surface area contributed by atoms with Gasteiger partial charge in [0.2, 0.25) is 0 Å². The van der Waals surface area contributed by atoms with Crippen molar-refractivity contribution in [3.8, 4) is 0 Å². The quantitative estimate of drug-likeness (QED) is 0.512. The number of fused-ring (bicyclic) bond motifs is 5. The van der Waals surface area contributed by atoms with Crippen LogP contribution in [0, 0.1) is 28.6 Å². The number of allylic oxidation sites excluding steroid dienone is 1. The summed E-state index contributed by atoms with van der Waals surface area (Å²) in [6, 6.07) is 0. The fourth-order valence-electron chi connectivity index (χ4n) is 6.84. The molecule has 4 rings (SSSR count). The van der Waals surface area contributed by atoms with Crippen molar-refractivity contribution < 1.29 is 14.0 Å². The molecule has 0 spiro atoms. The van der Waals surface area contributed by atoms with E-state index in [4.69, 9.17) is 4.43 Å². The average molecular weight is 417 g/mol. The summed E-state index contributed by atoms with van der Waals surface area (Å²) in [5, 5.41) is 0.207. The van der Waals surface area contributed by atoms with E-state index in [1.54, 1.807) is 0 Å². The third kappa shape index (κ3) is 3.15. The maximum Gasteiger partial charge on any atom is 0.192 e. The van der Waals surface area contributed by atoms with Gasteiger partial charge >= 0.3 is 0 Å². The zero-order chi connectivity index (χ0) is 21.4. The molecular formula is C25H40O3Si. The number of carbonyl (C=O) groups is 2. The predicted octanol–water partition coefficient (Wildman–Crippen LogP) is 6.09. The molecule has 3 saturated carbocycles. The second-order valence-electron chi connectivity index (χ2n) is 12.4. The van der Waals surface area contributed by atoms with Gasteiger partial charge < -0.3 is 4.43 Å². The van der Waals surface area contributed by atoms with Crippen molar-refractivity contribution in [1.82, 2.24) is 0 Å². The summed E-state index contributed by atoms with van der Waals surface area (Å²) in [5.74, 6) is 1.44. The molecule has 0 bridgehead atoms. The summed E-state index contributed by atoms with van der Waals surface area (Å²) in [4.78, 5) is 25.9. The Labute approximate surface area is 178 Å². The Hall–Kier alpha value is -0.743. The SMILES string of the molecule is CC(C)(C)[Si](C)(C)O[C@H]1CC[C@@]2(C)C(=CC(=O)[C@@H]3[C@@H]2CC[C@]2(C)C(=O)CC[C@@H]32)C1. The van der Waals surface area contributed by atoms with Crippen LogP contribution in [-0.2, 0) is 14.0 Å². The molecule has 29 heavy (non-hydrogen) atoms. The zero-order valence-corrected chi connectivity index (χ0v) is 20.6. The van der Waals surface area contributed by atoms with E-state index in [1.165, 1.54) is 5.57 Å². The molecule has 162 valence electrons. The van der Waals surface area contributed by atoms with Crippen LogP contribution in [0.15, 0.2) is 11.6 Å². The van der Waals surface area contributed by atoms with Crippen molar-refractivity contribution >= 4 is 19.9 Å². The van der Waals surface area contributed by atoms with Crippen LogP contribution in [0.2, 0.25) is 18.1 Å². The van der Waals surface area contributed by atoms with Gasteiger partial charge in [0.25, 0.3) is 0 Å². The van der Waals surface area contributed by atoms with E-state index in [0.717, 1.165) is 38.5 Å². The van der Waals surface area contributed by atoms with Gasteiger partial charge in [-0.05, 0) is 80.0 Å². The third-order valence-corrected chi connectivity index (χ3v) is 14.4. The Morgan fingerprint density at radius 2 is 1.62 bits per heavy atom. The minimum Gasteiger partial charge on any atom is -0.414 e. The van der Waals surface area contributed by atoms with Gasteiger partial charge in [-0.25, -0.2) is 0 Å². The number of carbonyl (C=O) groups excluding carboxylic acids is 2. The second-order valence-corrected chi connectivity index (χ2v) is 17.1. The molecule has 4 aliphatic rings. The standard InChI is InChI=1S/C25H40O3Si/c1-23(2,3)29(6,7)28-17-10-12-24(4)16(14-17)15-20(26)22-18-8-9-21(27)25(18,5)13-11-19(22)24/h15,17-19,22H,8-14H2,1-7H3/t17-,18-,19-,22-,24-,25-/m0/s1. The Balaban J connectivity index is 1.59. The summed E-state index contributed by atoms with van der Waals surface area (Å²) in [7, 11) is -1.81. The van der Waals surface area contributed by atoms with Crippen LogP contribution in [-0.4, -0.2) is 26.0 Å². The lowest BCUT2D eigenvalue weighted by Crippen LogP contribution is -2.54. The Morgan fingerprint density at radius 1 is 1.00 bits per heavy atom. The largest absolute Gasteiger partial charge is 0.414 e. The lowest BCUT2D eigenvalue weighted by Gasteiger charge is -2.56. The summed E-state index contributed by atoms with van der Waals surface area (Å²) < 4.78 is 6.75. The third-order valence-electron chi connectivity index (χ3n) is 9.88. The highest BCUT2D eigenvalue weighted by atomic mass is 28.4. The lowest BCUT2D eigenvalue weighted by atomic mass is 9.48. The van der Waals surface area contributed by atoms with Crippen LogP contribution in [0.1, 0.15) is 79.6 Å². The number of Topliss-reactive ketones (excluding diaryl/α,β-unsaturated/α-hetero) is 1. The molecule has 6 atom stereocenters. The molecular weight excluding hydrogens is 376 g/mol. The van der Waals surface area contributed by atoms with Crippen molar-refractivity contribution in [3.63, 3.8) is 0 Å². The van der Waals surface area contributed by atoms with Crippen LogP contribution in [0.3, 0.4) is 0 Å². The first-order chi connectivity index (χ1) is 13.3. The van der Waals surface area contributed by atoms with Gasteiger partial charge in [0.05, 0.1) is 0 Å². The lowest BCUT2D eigenvalue weighted by molar-refractivity contribution is -0.139. The van der Waals surface area contributed by atoms with Crippen molar-refractivity contribution in [1.29, 1.82) is 0 Å². The van der Waals surface area contributed by atoms with Gasteiger partial charge in [0.15, 0.2) is 14.1 Å². The molecule has 4 heteroatoms. The first-order valence-corrected chi connectivity index (χ1v) is 14.7. The summed E-state index contributed by atoms with van der Waals surface area (Å²) >= 11 is 0. The van der Waals surface area contributed by atoms with Crippen molar-refractivity contribution in [2.45, 2.75) is 104 Å². The highest BCUT2D eigenvalue weighted by molar-refractivity contribution is 6.74. The van der Waals surface area contributed by atoms with E-state index in [2.05, 4.69) is 47.7 Å². The minimum absolute atomic E-state index is 0.0619. The molecule has 0 aromatic rings. The average Bonchev–Trinajstić information content (AvgIpc) is 2.90. The number of hydrogen-bond acceptors (Lipinski definition) is 3. The predicted molar refractivity (Wildman–Crippen MR) is 119 cm³/mol. The molecule has 0 unspecified atom stereocenters. The molecule has 0 amide bonds. The number of hydrogen-bond donors (Lipinski definition) is 0. The van der Waals surface area contributed by atoms with Gasteiger partial charge in [0, 0.05) is 23.9 Å². The maximum atomic E-state index is 13.3. The molecule has 0 heterocycles. The van der Waals surface area contributed by atoms with Crippen LogP contribution in [0.4, 0.5) is 0 Å². The monoisotopic (exact) mass is 416 g/mol. The number of rotatable bonds is 2. The molecule has 0 aromatic carbocycles. The molecule has 0 aromatic heterocycles. The Kier molecular flexibility index (Phi) is 4.91. The van der Waals surface area contributed by atoms with E-state index in [9.17, 15) is 9.59 Å². The van der Waals surface area contributed by atoms with Crippen molar-refractivity contribution in [2.24, 2.45) is 28.6 Å². The van der Waals surface area contributed by atoms with Gasteiger partial charge in [-0.15, -0.1) is 0 Å². The molecule has 4 aliphatic carbocycles. The summed E-state index contributed by atoms with van der Waals surface area (Å²) in [6.45, 7) is 16.1. The Morgan fingerprint density at radius 3 is 2.28 bits per heavy atom. The van der Waals surface area contributed by atoms with Crippen molar-refractivity contribution in [3.05, 3.63) is 11.6 Å². The maximum absolute atomic E-state index is 13.3. The van der Waals surface area contributed by atoms with Crippen LogP contribution >= 0.6 is 0 Å². The Bertz CT molecular complexity index is 761. The van der Waals surface area contributed by atoms with E-state index in [1.807, 2.05) is 6.08 Å². The first-order valence-electron chi connectivity index (χ1n) is 11.8. The molecule has 3 nitrogen and oxygen atoms in total. The normalized spacial score (nSPS) is 42.8. The van der Waals surface area contributed by atoms with Gasteiger partial charge in [0.1, 0.15) is 5.78 Å². The van der Waals surface area contributed by atoms with E-state index < -0.39 is 8.32 Å². The second kappa shape index (κ2) is 6.63. The van der Waals surface area contributed by atoms with Gasteiger partial charge in [-0.2, -0.15) is 0 Å². The molecule has 0 N–H and O–H groups in total.